The molecule has 1 heterocycles. The van der Waals surface area contributed by atoms with Crippen LogP contribution < -0.4 is 0 Å². The van der Waals surface area contributed by atoms with Crippen LogP contribution in [0.5, 0.6) is 0 Å². The van der Waals surface area contributed by atoms with Crippen molar-refractivity contribution >= 4 is 0 Å². The maximum atomic E-state index is 5.34. The first kappa shape index (κ1) is 7.98. The second-order valence-corrected chi connectivity index (χ2v) is 2.53. The standard InChI is InChI=1S/C7H14O3/c1-4-8-7(3)9-5-6(2)10-7/h6H,4-5H2,1-3H3. The monoisotopic (exact) mass is 146 g/mol. The van der Waals surface area contributed by atoms with Crippen LogP contribution in [0.3, 0.4) is 0 Å². The van der Waals surface area contributed by atoms with E-state index in [0.717, 1.165) is 0 Å². The highest BCUT2D eigenvalue weighted by molar-refractivity contribution is 4.62. The van der Waals surface area contributed by atoms with E-state index in [4.69, 9.17) is 14.2 Å². The van der Waals surface area contributed by atoms with Gasteiger partial charge in [-0.3, -0.25) is 0 Å². The van der Waals surface area contributed by atoms with Gasteiger partial charge in [-0.15, -0.1) is 0 Å². The molecular formula is C7H14O3. The van der Waals surface area contributed by atoms with Gasteiger partial charge in [0.2, 0.25) is 0 Å². The lowest BCUT2D eigenvalue weighted by molar-refractivity contribution is -0.322. The van der Waals surface area contributed by atoms with Crippen LogP contribution in [0.1, 0.15) is 20.8 Å². The fourth-order valence-corrected chi connectivity index (χ4v) is 1.04. The van der Waals surface area contributed by atoms with Crippen molar-refractivity contribution in [1.29, 1.82) is 0 Å². The molecule has 3 heteroatoms. The minimum atomic E-state index is -0.784. The predicted molar refractivity (Wildman–Crippen MR) is 36.5 cm³/mol. The van der Waals surface area contributed by atoms with Crippen molar-refractivity contribution in [3.63, 3.8) is 0 Å². The van der Waals surface area contributed by atoms with Gasteiger partial charge in [0.05, 0.1) is 12.7 Å². The van der Waals surface area contributed by atoms with Gasteiger partial charge in [-0.05, 0) is 13.8 Å². The summed E-state index contributed by atoms with van der Waals surface area (Å²) in [5, 5.41) is 0. The van der Waals surface area contributed by atoms with Crippen LogP contribution in [-0.4, -0.2) is 25.3 Å². The Morgan fingerprint density at radius 1 is 1.70 bits per heavy atom. The molecule has 10 heavy (non-hydrogen) atoms. The van der Waals surface area contributed by atoms with Gasteiger partial charge in [-0.25, -0.2) is 0 Å². The summed E-state index contributed by atoms with van der Waals surface area (Å²) in [6, 6.07) is 0. The summed E-state index contributed by atoms with van der Waals surface area (Å²) in [7, 11) is 0. The fraction of sp³-hybridized carbons (Fsp3) is 1.00. The molecule has 0 spiro atoms. The Morgan fingerprint density at radius 2 is 2.40 bits per heavy atom. The molecule has 0 bridgehead atoms. The van der Waals surface area contributed by atoms with Crippen molar-refractivity contribution in [3.8, 4) is 0 Å². The van der Waals surface area contributed by atoms with Crippen molar-refractivity contribution in [3.05, 3.63) is 0 Å². The van der Waals surface area contributed by atoms with Gasteiger partial charge in [-0.2, -0.15) is 0 Å². The van der Waals surface area contributed by atoms with Crippen LogP contribution in [0.15, 0.2) is 0 Å². The van der Waals surface area contributed by atoms with Crippen molar-refractivity contribution in [2.45, 2.75) is 32.8 Å². The molecule has 0 saturated carbocycles. The van der Waals surface area contributed by atoms with E-state index in [1.165, 1.54) is 0 Å². The van der Waals surface area contributed by atoms with E-state index in [1.54, 1.807) is 6.92 Å². The molecule has 0 aromatic carbocycles. The lowest BCUT2D eigenvalue weighted by Gasteiger charge is -2.21. The molecule has 0 aliphatic carbocycles. The molecule has 60 valence electrons. The summed E-state index contributed by atoms with van der Waals surface area (Å²) >= 11 is 0. The van der Waals surface area contributed by atoms with Crippen molar-refractivity contribution < 1.29 is 14.2 Å². The third-order valence-electron chi connectivity index (χ3n) is 1.40. The molecule has 0 N–H and O–H groups in total. The second-order valence-electron chi connectivity index (χ2n) is 2.53. The third kappa shape index (κ3) is 1.68. The Kier molecular flexibility index (Phi) is 2.28. The summed E-state index contributed by atoms with van der Waals surface area (Å²) in [6.45, 7) is 6.91. The fourth-order valence-electron chi connectivity index (χ4n) is 1.04. The highest BCUT2D eigenvalue weighted by atomic mass is 16.9. The van der Waals surface area contributed by atoms with E-state index in [-0.39, 0.29) is 6.10 Å². The zero-order chi connectivity index (χ0) is 7.61. The summed E-state index contributed by atoms with van der Waals surface area (Å²) in [6.07, 6.45) is 0.150. The molecule has 1 aliphatic rings. The Morgan fingerprint density at radius 3 is 2.80 bits per heavy atom. The van der Waals surface area contributed by atoms with Gasteiger partial charge >= 0.3 is 0 Å². The van der Waals surface area contributed by atoms with Gasteiger partial charge in [0, 0.05) is 13.5 Å². The molecule has 3 nitrogen and oxygen atoms in total. The second kappa shape index (κ2) is 2.86. The van der Waals surface area contributed by atoms with Gasteiger partial charge in [0.15, 0.2) is 0 Å². The van der Waals surface area contributed by atoms with Gasteiger partial charge in [0.25, 0.3) is 5.97 Å². The minimum Gasteiger partial charge on any atom is -0.328 e. The Bertz CT molecular complexity index is 111. The smallest absolute Gasteiger partial charge is 0.280 e. The average molecular weight is 146 g/mol. The van der Waals surface area contributed by atoms with Crippen molar-refractivity contribution in [2.75, 3.05) is 13.2 Å². The molecule has 0 aromatic rings. The molecule has 0 aromatic heterocycles. The highest BCUT2D eigenvalue weighted by Gasteiger charge is 2.35. The van der Waals surface area contributed by atoms with Crippen LogP contribution in [-0.2, 0) is 14.2 Å². The molecule has 2 atom stereocenters. The number of ether oxygens (including phenoxy) is 3. The maximum absolute atomic E-state index is 5.34. The summed E-state index contributed by atoms with van der Waals surface area (Å²) < 4.78 is 15.8. The zero-order valence-electron chi connectivity index (χ0n) is 6.72. The van der Waals surface area contributed by atoms with Crippen LogP contribution in [0.25, 0.3) is 0 Å². The first-order valence-corrected chi connectivity index (χ1v) is 3.62. The van der Waals surface area contributed by atoms with Crippen LogP contribution in [0.2, 0.25) is 0 Å². The topological polar surface area (TPSA) is 27.7 Å². The van der Waals surface area contributed by atoms with Crippen molar-refractivity contribution in [1.82, 2.24) is 0 Å². The Labute approximate surface area is 61.3 Å². The van der Waals surface area contributed by atoms with E-state index < -0.39 is 5.97 Å². The van der Waals surface area contributed by atoms with Gasteiger partial charge in [-0.1, -0.05) is 0 Å². The summed E-state index contributed by atoms with van der Waals surface area (Å²) in [4.78, 5) is 0. The van der Waals surface area contributed by atoms with Crippen LogP contribution >= 0.6 is 0 Å². The van der Waals surface area contributed by atoms with Crippen molar-refractivity contribution in [2.24, 2.45) is 0 Å². The molecular weight excluding hydrogens is 132 g/mol. The van der Waals surface area contributed by atoms with Crippen LogP contribution in [0.4, 0.5) is 0 Å². The lowest BCUT2D eigenvalue weighted by atomic mass is 10.5. The summed E-state index contributed by atoms with van der Waals surface area (Å²) in [5.41, 5.74) is 0. The largest absolute Gasteiger partial charge is 0.328 e. The molecule has 2 unspecified atom stereocenters. The lowest BCUT2D eigenvalue weighted by Crippen LogP contribution is -2.30. The number of hydrogen-bond donors (Lipinski definition) is 0. The van der Waals surface area contributed by atoms with Gasteiger partial charge < -0.3 is 14.2 Å². The predicted octanol–water partition coefficient (Wildman–Crippen LogP) is 1.13. The number of hydrogen-bond acceptors (Lipinski definition) is 3. The minimum absolute atomic E-state index is 0.150. The first-order chi connectivity index (χ1) is 4.66. The Balaban J connectivity index is 2.38. The number of rotatable bonds is 2. The quantitative estimate of drug-likeness (QED) is 0.584. The van der Waals surface area contributed by atoms with E-state index in [0.29, 0.717) is 13.2 Å². The maximum Gasteiger partial charge on any atom is 0.280 e. The first-order valence-electron chi connectivity index (χ1n) is 3.62. The molecule has 1 saturated heterocycles. The summed E-state index contributed by atoms with van der Waals surface area (Å²) in [5.74, 6) is -0.784. The van der Waals surface area contributed by atoms with E-state index in [2.05, 4.69) is 0 Å². The van der Waals surface area contributed by atoms with E-state index in [9.17, 15) is 0 Å². The molecule has 1 aliphatic heterocycles. The molecule has 1 fully saturated rings. The van der Waals surface area contributed by atoms with E-state index in [1.807, 2.05) is 13.8 Å². The average Bonchev–Trinajstić information content (AvgIpc) is 2.12. The zero-order valence-corrected chi connectivity index (χ0v) is 6.72. The Hall–Kier alpha value is -0.120. The molecule has 0 amide bonds. The molecule has 0 radical (unpaired) electrons. The van der Waals surface area contributed by atoms with E-state index >= 15 is 0 Å². The van der Waals surface area contributed by atoms with Gasteiger partial charge in [0.1, 0.15) is 0 Å². The SMILES string of the molecule is CCOC1(C)OCC(C)O1. The third-order valence-corrected chi connectivity index (χ3v) is 1.40. The highest BCUT2D eigenvalue weighted by Crippen LogP contribution is 2.23. The normalized spacial score (nSPS) is 40.5. The molecule has 1 rings (SSSR count). The van der Waals surface area contributed by atoms with Crippen LogP contribution in [0, 0.1) is 0 Å².